The highest BCUT2D eigenvalue weighted by atomic mass is 32.2. The number of nitrogens with one attached hydrogen (secondary N) is 1. The van der Waals surface area contributed by atoms with Crippen LogP contribution in [0.2, 0.25) is 0 Å². The van der Waals surface area contributed by atoms with Crippen molar-refractivity contribution >= 4 is 23.4 Å². The maximum Gasteiger partial charge on any atom is 0.418 e. The molecule has 0 saturated carbocycles. The maximum atomic E-state index is 13.2. The van der Waals surface area contributed by atoms with E-state index >= 15 is 0 Å². The molecular weight excluding hydrogens is 437 g/mol. The van der Waals surface area contributed by atoms with Crippen LogP contribution < -0.4 is 15.5 Å². The Balaban J connectivity index is 1.83. The number of aryl methyl sites for hydroxylation is 1. The number of hydrogen-bond acceptors (Lipinski definition) is 7. The summed E-state index contributed by atoms with van der Waals surface area (Å²) in [4.78, 5) is 24.7. The lowest BCUT2D eigenvalue weighted by molar-refractivity contribution is -0.137. The van der Waals surface area contributed by atoms with Crippen LogP contribution in [-0.2, 0) is 30.3 Å². The molecule has 3 rings (SSSR count). The Morgan fingerprint density at radius 3 is 2.68 bits per heavy atom. The lowest BCUT2D eigenvalue weighted by atomic mass is 10.1. The number of anilines is 1. The number of carbonyl (C=O) groups is 1. The molecule has 13 heteroatoms. The molecule has 2 heterocycles. The van der Waals surface area contributed by atoms with E-state index in [9.17, 15) is 22.8 Å². The van der Waals surface area contributed by atoms with Gasteiger partial charge in [-0.1, -0.05) is 23.9 Å². The fourth-order valence-corrected chi connectivity index (χ4v) is 3.53. The van der Waals surface area contributed by atoms with Gasteiger partial charge >= 0.3 is 6.18 Å². The number of amides is 1. The first kappa shape index (κ1) is 22.3. The van der Waals surface area contributed by atoms with E-state index in [2.05, 4.69) is 20.8 Å². The van der Waals surface area contributed by atoms with Crippen LogP contribution in [0.25, 0.3) is 0 Å². The Labute approximate surface area is 178 Å². The van der Waals surface area contributed by atoms with Crippen molar-refractivity contribution in [2.24, 2.45) is 7.05 Å². The minimum atomic E-state index is -4.61. The summed E-state index contributed by atoms with van der Waals surface area (Å²) in [5.74, 6) is -0.466. The molecule has 0 atom stereocenters. The fraction of sp³-hybridized carbons (Fsp3) is 0.278. The van der Waals surface area contributed by atoms with Gasteiger partial charge in [-0.2, -0.15) is 13.2 Å². The highest BCUT2D eigenvalue weighted by molar-refractivity contribution is 7.98. The van der Waals surface area contributed by atoms with Gasteiger partial charge in [0.05, 0.1) is 24.6 Å². The first-order valence-corrected chi connectivity index (χ1v) is 9.76. The van der Waals surface area contributed by atoms with E-state index in [0.29, 0.717) is 10.9 Å². The second-order valence-electron chi connectivity index (χ2n) is 6.29. The SMILES string of the molecule is COc1cn(CC(=O)Nc2ccccc2C(F)(F)F)c(CSc2nnnn2C)cc1=O. The number of alkyl halides is 3. The number of tetrazole rings is 1. The number of para-hydroxylation sites is 1. The third-order valence-electron chi connectivity index (χ3n) is 4.15. The third-order valence-corrected chi connectivity index (χ3v) is 5.20. The van der Waals surface area contributed by atoms with Crippen LogP contribution in [0.5, 0.6) is 5.75 Å². The molecule has 3 aromatic rings. The Kier molecular flexibility index (Phi) is 6.63. The van der Waals surface area contributed by atoms with Gasteiger partial charge < -0.3 is 14.6 Å². The molecule has 0 aliphatic rings. The topological polar surface area (TPSA) is 104 Å². The average Bonchev–Trinajstić information content (AvgIpc) is 3.12. The molecule has 31 heavy (non-hydrogen) atoms. The standard InChI is InChI=1S/C18H17F3N6O3S/c1-26-17(23-24-25-26)31-10-11-7-14(28)15(30-2)8-27(11)9-16(29)22-13-6-4-3-5-12(13)18(19,20)21/h3-8H,9-10H2,1-2H3,(H,22,29). The molecule has 0 bridgehead atoms. The molecule has 1 N–H and O–H groups in total. The number of nitrogens with zero attached hydrogens (tertiary/aromatic N) is 5. The lowest BCUT2D eigenvalue weighted by Crippen LogP contribution is -2.24. The van der Waals surface area contributed by atoms with Crippen molar-refractivity contribution in [3.8, 4) is 5.75 Å². The van der Waals surface area contributed by atoms with Gasteiger partial charge in [-0.3, -0.25) is 9.59 Å². The smallest absolute Gasteiger partial charge is 0.418 e. The minimum Gasteiger partial charge on any atom is -0.491 e. The zero-order valence-corrected chi connectivity index (χ0v) is 17.2. The zero-order valence-electron chi connectivity index (χ0n) is 16.4. The van der Waals surface area contributed by atoms with Gasteiger partial charge in [0.1, 0.15) is 6.54 Å². The van der Waals surface area contributed by atoms with Gasteiger partial charge in [-0.05, 0) is 22.6 Å². The van der Waals surface area contributed by atoms with E-state index in [4.69, 9.17) is 4.74 Å². The largest absolute Gasteiger partial charge is 0.491 e. The monoisotopic (exact) mass is 454 g/mol. The number of pyridine rings is 1. The van der Waals surface area contributed by atoms with Crippen LogP contribution >= 0.6 is 11.8 Å². The lowest BCUT2D eigenvalue weighted by Gasteiger charge is -2.16. The molecule has 0 spiro atoms. The summed E-state index contributed by atoms with van der Waals surface area (Å²) in [5.41, 5.74) is -1.26. The summed E-state index contributed by atoms with van der Waals surface area (Å²) < 4.78 is 47.4. The van der Waals surface area contributed by atoms with Crippen LogP contribution in [0.4, 0.5) is 18.9 Å². The van der Waals surface area contributed by atoms with Crippen molar-refractivity contribution < 1.29 is 22.7 Å². The van der Waals surface area contributed by atoms with Gasteiger partial charge in [0.25, 0.3) is 0 Å². The number of thioether (sulfide) groups is 1. The number of methoxy groups -OCH3 is 1. The van der Waals surface area contributed by atoms with Crippen LogP contribution in [0, 0.1) is 0 Å². The van der Waals surface area contributed by atoms with Crippen LogP contribution in [0.15, 0.2) is 46.5 Å². The van der Waals surface area contributed by atoms with Crippen molar-refractivity contribution in [2.45, 2.75) is 23.6 Å². The molecule has 9 nitrogen and oxygen atoms in total. The molecule has 2 aromatic heterocycles. The normalized spacial score (nSPS) is 11.4. The third kappa shape index (κ3) is 5.42. The Morgan fingerprint density at radius 2 is 2.03 bits per heavy atom. The first-order valence-electron chi connectivity index (χ1n) is 8.77. The summed E-state index contributed by atoms with van der Waals surface area (Å²) >= 11 is 1.23. The van der Waals surface area contributed by atoms with Crippen LogP contribution in [-0.4, -0.2) is 37.8 Å². The molecule has 0 radical (unpaired) electrons. The number of benzene rings is 1. The quantitative estimate of drug-likeness (QED) is 0.547. The van der Waals surface area contributed by atoms with Gasteiger partial charge in [-0.25, -0.2) is 4.68 Å². The number of halogens is 3. The first-order chi connectivity index (χ1) is 14.7. The molecule has 0 aliphatic heterocycles. The number of carbonyl (C=O) groups excluding carboxylic acids is 1. The van der Waals surface area contributed by atoms with E-state index in [0.717, 1.165) is 6.07 Å². The summed E-state index contributed by atoms with van der Waals surface area (Å²) in [6.45, 7) is -0.338. The van der Waals surface area contributed by atoms with Gasteiger partial charge in [0.2, 0.25) is 16.5 Å². The summed E-state index contributed by atoms with van der Waals surface area (Å²) in [5, 5.41) is 13.8. The number of aromatic nitrogens is 5. The Hall–Kier alpha value is -3.35. The van der Waals surface area contributed by atoms with E-state index in [1.165, 1.54) is 58.6 Å². The van der Waals surface area contributed by atoms with E-state index in [1.54, 1.807) is 7.05 Å². The second-order valence-corrected chi connectivity index (χ2v) is 7.23. The molecule has 0 saturated heterocycles. The van der Waals surface area contributed by atoms with E-state index < -0.39 is 23.1 Å². The van der Waals surface area contributed by atoms with Crippen molar-refractivity contribution in [2.75, 3.05) is 12.4 Å². The van der Waals surface area contributed by atoms with Crippen LogP contribution in [0.3, 0.4) is 0 Å². The van der Waals surface area contributed by atoms with Gasteiger partial charge in [0.15, 0.2) is 5.75 Å². The van der Waals surface area contributed by atoms with Crippen molar-refractivity contribution in [1.29, 1.82) is 0 Å². The molecule has 1 amide bonds. The number of hydrogen-bond donors (Lipinski definition) is 1. The molecule has 164 valence electrons. The Morgan fingerprint density at radius 1 is 1.29 bits per heavy atom. The summed E-state index contributed by atoms with van der Waals surface area (Å²) in [6.07, 6.45) is -3.28. The van der Waals surface area contributed by atoms with Crippen LogP contribution in [0.1, 0.15) is 11.3 Å². The fourth-order valence-electron chi connectivity index (χ4n) is 2.68. The minimum absolute atomic E-state index is 0.00225. The maximum absolute atomic E-state index is 13.2. The zero-order chi connectivity index (χ0) is 22.6. The predicted molar refractivity (Wildman–Crippen MR) is 106 cm³/mol. The van der Waals surface area contributed by atoms with Crippen molar-refractivity contribution in [3.05, 3.63) is 58.0 Å². The number of rotatable bonds is 7. The molecular formula is C18H17F3N6O3S. The van der Waals surface area contributed by atoms with Gasteiger partial charge in [0, 0.05) is 24.6 Å². The molecule has 1 aromatic carbocycles. The van der Waals surface area contributed by atoms with E-state index in [-0.39, 0.29) is 23.7 Å². The summed E-state index contributed by atoms with van der Waals surface area (Å²) in [6, 6.07) is 5.98. The van der Waals surface area contributed by atoms with E-state index in [1.807, 2.05) is 0 Å². The molecule has 0 unspecified atom stereocenters. The van der Waals surface area contributed by atoms with Crippen molar-refractivity contribution in [3.63, 3.8) is 0 Å². The molecule has 0 fully saturated rings. The number of ether oxygens (including phenoxy) is 1. The molecule has 0 aliphatic carbocycles. The van der Waals surface area contributed by atoms with Crippen molar-refractivity contribution in [1.82, 2.24) is 24.8 Å². The predicted octanol–water partition coefficient (Wildman–Crippen LogP) is 2.33. The summed E-state index contributed by atoms with van der Waals surface area (Å²) in [7, 11) is 2.95. The average molecular weight is 454 g/mol. The van der Waals surface area contributed by atoms with Gasteiger partial charge in [-0.15, -0.1) is 5.10 Å². The second kappa shape index (κ2) is 9.20. The highest BCUT2D eigenvalue weighted by Gasteiger charge is 2.33. The Bertz CT molecular complexity index is 1150. The highest BCUT2D eigenvalue weighted by Crippen LogP contribution is 2.34.